The second-order valence-corrected chi connectivity index (χ2v) is 8.16. The van der Waals surface area contributed by atoms with Gasteiger partial charge < -0.3 is 5.11 Å². The number of aliphatic hydroxyl groups excluding tert-OH is 1. The van der Waals surface area contributed by atoms with Crippen LogP contribution in [0.3, 0.4) is 0 Å². The molecular formula is C16H24N2O3S. The molecule has 1 saturated carbocycles. The molecule has 0 spiro atoms. The lowest BCUT2D eigenvalue weighted by atomic mass is 10.1. The van der Waals surface area contributed by atoms with Crippen LogP contribution in [0.25, 0.3) is 0 Å². The molecule has 22 heavy (non-hydrogen) atoms. The molecule has 6 heteroatoms. The highest BCUT2D eigenvalue weighted by atomic mass is 32.2. The summed E-state index contributed by atoms with van der Waals surface area (Å²) in [6, 6.07) is 9.46. The summed E-state index contributed by atoms with van der Waals surface area (Å²) in [5.41, 5.74) is 0.807. The molecule has 1 unspecified atom stereocenters. The van der Waals surface area contributed by atoms with E-state index in [0.29, 0.717) is 6.54 Å². The molecule has 1 saturated heterocycles. The van der Waals surface area contributed by atoms with Crippen LogP contribution in [-0.2, 0) is 15.8 Å². The highest BCUT2D eigenvalue weighted by molar-refractivity contribution is 7.88. The predicted molar refractivity (Wildman–Crippen MR) is 85.8 cm³/mol. The van der Waals surface area contributed by atoms with Gasteiger partial charge in [-0.1, -0.05) is 36.8 Å². The Hall–Kier alpha value is -0.950. The summed E-state index contributed by atoms with van der Waals surface area (Å²) >= 11 is 0. The number of aliphatic hydroxyl groups is 1. The van der Waals surface area contributed by atoms with Gasteiger partial charge in [-0.15, -0.1) is 0 Å². The smallest absolute Gasteiger partial charge is 0.216 e. The topological polar surface area (TPSA) is 69.6 Å². The number of hydrogen-bond donors (Lipinski definition) is 2. The van der Waals surface area contributed by atoms with Gasteiger partial charge in [-0.25, -0.2) is 13.1 Å². The summed E-state index contributed by atoms with van der Waals surface area (Å²) in [6.45, 7) is 1.53. The van der Waals surface area contributed by atoms with Crippen molar-refractivity contribution >= 4 is 10.0 Å². The number of sulfonamides is 1. The molecule has 0 radical (unpaired) electrons. The third-order valence-corrected chi connectivity index (χ3v) is 6.05. The highest BCUT2D eigenvalue weighted by Crippen LogP contribution is 2.28. The molecule has 0 bridgehead atoms. The number of likely N-dealkylation sites (tertiary alicyclic amines) is 1. The van der Waals surface area contributed by atoms with Crippen LogP contribution in [0.15, 0.2) is 30.3 Å². The lowest BCUT2D eigenvalue weighted by Crippen LogP contribution is -2.48. The maximum absolute atomic E-state index is 12.4. The van der Waals surface area contributed by atoms with Gasteiger partial charge in [0.2, 0.25) is 10.0 Å². The number of hydrogen-bond acceptors (Lipinski definition) is 4. The number of nitrogens with one attached hydrogen (secondary N) is 1. The van der Waals surface area contributed by atoms with Crippen LogP contribution in [0.4, 0.5) is 0 Å². The van der Waals surface area contributed by atoms with Crippen LogP contribution in [0, 0.1) is 0 Å². The minimum absolute atomic E-state index is 0.0275. The van der Waals surface area contributed by atoms with Crippen molar-refractivity contribution in [3.05, 3.63) is 35.9 Å². The van der Waals surface area contributed by atoms with Crippen molar-refractivity contribution in [1.82, 2.24) is 9.62 Å². The van der Waals surface area contributed by atoms with E-state index in [1.807, 2.05) is 30.3 Å². The van der Waals surface area contributed by atoms with Crippen molar-refractivity contribution < 1.29 is 13.5 Å². The standard InChI is InChI=1S/C16H24N2O3S/c19-14-9-10-18(11-14)16-8-4-7-15(16)17-22(20,21)12-13-5-2-1-3-6-13/h1-3,5-6,14-17,19H,4,7-12H2/t14?,15-,16+/m1/s1. The Morgan fingerprint density at radius 1 is 1.18 bits per heavy atom. The minimum atomic E-state index is -3.33. The van der Waals surface area contributed by atoms with Crippen LogP contribution >= 0.6 is 0 Å². The maximum atomic E-state index is 12.4. The van der Waals surface area contributed by atoms with E-state index in [1.165, 1.54) is 0 Å². The Morgan fingerprint density at radius 3 is 2.64 bits per heavy atom. The zero-order valence-corrected chi connectivity index (χ0v) is 13.5. The second kappa shape index (κ2) is 6.66. The van der Waals surface area contributed by atoms with Crippen LogP contribution < -0.4 is 4.72 Å². The molecule has 122 valence electrons. The molecule has 5 nitrogen and oxygen atoms in total. The third-order valence-electron chi connectivity index (χ3n) is 4.67. The first-order valence-corrected chi connectivity index (χ1v) is 9.65. The fourth-order valence-corrected chi connectivity index (χ4v) is 5.10. The van der Waals surface area contributed by atoms with E-state index in [-0.39, 0.29) is 23.9 Å². The number of nitrogens with zero attached hydrogens (tertiary/aromatic N) is 1. The summed E-state index contributed by atoms with van der Waals surface area (Å²) in [4.78, 5) is 2.24. The van der Waals surface area contributed by atoms with Crippen molar-refractivity contribution in [3.8, 4) is 0 Å². The summed E-state index contributed by atoms with van der Waals surface area (Å²) in [7, 11) is -3.33. The zero-order valence-electron chi connectivity index (χ0n) is 12.7. The van der Waals surface area contributed by atoms with Gasteiger partial charge in [0.25, 0.3) is 0 Å². The molecule has 3 rings (SSSR count). The first kappa shape index (κ1) is 15.9. The molecule has 1 aliphatic heterocycles. The molecule has 2 aliphatic rings. The Labute approximate surface area is 132 Å². The zero-order chi connectivity index (χ0) is 15.6. The predicted octanol–water partition coefficient (Wildman–Crippen LogP) is 1.09. The van der Waals surface area contributed by atoms with Crippen molar-refractivity contribution in [2.24, 2.45) is 0 Å². The van der Waals surface area contributed by atoms with Gasteiger partial charge in [0.05, 0.1) is 11.9 Å². The van der Waals surface area contributed by atoms with E-state index in [1.54, 1.807) is 0 Å². The van der Waals surface area contributed by atoms with Gasteiger partial charge in [0, 0.05) is 25.2 Å². The average Bonchev–Trinajstić information content (AvgIpc) is 3.07. The maximum Gasteiger partial charge on any atom is 0.216 e. The largest absolute Gasteiger partial charge is 0.392 e. The normalized spacial score (nSPS) is 30.0. The first-order chi connectivity index (χ1) is 10.5. The molecule has 1 heterocycles. The lowest BCUT2D eigenvalue weighted by molar-refractivity contribution is 0.153. The lowest BCUT2D eigenvalue weighted by Gasteiger charge is -2.29. The second-order valence-electron chi connectivity index (χ2n) is 6.40. The van der Waals surface area contributed by atoms with E-state index in [9.17, 15) is 13.5 Å². The van der Waals surface area contributed by atoms with E-state index in [0.717, 1.165) is 37.8 Å². The molecule has 0 amide bonds. The quantitative estimate of drug-likeness (QED) is 0.851. The van der Waals surface area contributed by atoms with Crippen molar-refractivity contribution in [2.45, 2.75) is 49.6 Å². The Bertz CT molecular complexity index is 591. The van der Waals surface area contributed by atoms with Gasteiger partial charge in [-0.3, -0.25) is 4.90 Å². The third kappa shape index (κ3) is 3.87. The fourth-order valence-electron chi connectivity index (χ4n) is 3.65. The number of rotatable bonds is 5. The molecule has 3 atom stereocenters. The van der Waals surface area contributed by atoms with Gasteiger partial charge in [0.1, 0.15) is 0 Å². The Morgan fingerprint density at radius 2 is 1.95 bits per heavy atom. The van der Waals surface area contributed by atoms with E-state index >= 15 is 0 Å². The summed E-state index contributed by atoms with van der Waals surface area (Å²) in [6.07, 6.45) is 3.45. The van der Waals surface area contributed by atoms with E-state index in [4.69, 9.17) is 0 Å². The van der Waals surface area contributed by atoms with Gasteiger partial charge in [0.15, 0.2) is 0 Å². The van der Waals surface area contributed by atoms with Crippen LogP contribution in [0.5, 0.6) is 0 Å². The summed E-state index contributed by atoms with van der Waals surface area (Å²) in [5.74, 6) is 0.0275. The van der Waals surface area contributed by atoms with Crippen LogP contribution in [0.2, 0.25) is 0 Å². The van der Waals surface area contributed by atoms with Crippen LogP contribution in [-0.4, -0.2) is 49.7 Å². The van der Waals surface area contributed by atoms with Crippen molar-refractivity contribution in [3.63, 3.8) is 0 Å². The molecule has 0 aromatic heterocycles. The SMILES string of the molecule is O=S(=O)(Cc1ccccc1)N[C@@H]1CCC[C@@H]1N1CCC(O)C1. The molecule has 2 N–H and O–H groups in total. The highest BCUT2D eigenvalue weighted by Gasteiger charge is 2.37. The Balaban J connectivity index is 1.63. The van der Waals surface area contributed by atoms with Gasteiger partial charge in [-0.2, -0.15) is 0 Å². The molecule has 1 aromatic rings. The van der Waals surface area contributed by atoms with Crippen molar-refractivity contribution in [2.75, 3.05) is 13.1 Å². The monoisotopic (exact) mass is 324 g/mol. The molecule has 1 aliphatic carbocycles. The van der Waals surface area contributed by atoms with E-state index < -0.39 is 10.0 Å². The first-order valence-electron chi connectivity index (χ1n) is 7.99. The fraction of sp³-hybridized carbons (Fsp3) is 0.625. The Kier molecular flexibility index (Phi) is 4.82. The van der Waals surface area contributed by atoms with Gasteiger partial charge in [-0.05, 0) is 24.8 Å². The molecule has 1 aromatic carbocycles. The summed E-state index contributed by atoms with van der Waals surface area (Å²) in [5, 5.41) is 9.69. The van der Waals surface area contributed by atoms with E-state index in [2.05, 4.69) is 9.62 Å². The van der Waals surface area contributed by atoms with Crippen molar-refractivity contribution in [1.29, 1.82) is 0 Å². The van der Waals surface area contributed by atoms with Gasteiger partial charge >= 0.3 is 0 Å². The number of β-amino-alcohol motifs (C(OH)–C–C–N with tert-alkyl or cyclic N) is 1. The van der Waals surface area contributed by atoms with Crippen LogP contribution in [0.1, 0.15) is 31.2 Å². The summed E-state index contributed by atoms with van der Waals surface area (Å²) < 4.78 is 27.7. The molecule has 2 fully saturated rings. The number of benzene rings is 1. The minimum Gasteiger partial charge on any atom is -0.392 e. The molecular weight excluding hydrogens is 300 g/mol. The average molecular weight is 324 g/mol.